The Hall–Kier alpha value is -2.23. The summed E-state index contributed by atoms with van der Waals surface area (Å²) >= 11 is 1.57. The molecule has 0 spiro atoms. The number of halogens is 3. The van der Waals surface area contributed by atoms with Crippen molar-refractivity contribution in [1.29, 1.82) is 0 Å². The summed E-state index contributed by atoms with van der Waals surface area (Å²) in [7, 11) is 0. The predicted molar refractivity (Wildman–Crippen MR) is 79.4 cm³/mol. The Morgan fingerprint density at radius 2 is 1.91 bits per heavy atom. The second-order valence-electron chi connectivity index (χ2n) is 5.02. The van der Waals surface area contributed by atoms with Crippen LogP contribution in [-0.4, -0.2) is 24.6 Å². The van der Waals surface area contributed by atoms with Crippen molar-refractivity contribution in [2.75, 3.05) is 5.32 Å². The monoisotopic (exact) mass is 342 g/mol. The second-order valence-corrected chi connectivity index (χ2v) is 6.42. The van der Waals surface area contributed by atoms with Gasteiger partial charge in [0.1, 0.15) is 5.82 Å². The van der Waals surface area contributed by atoms with E-state index < -0.39 is 12.0 Å². The summed E-state index contributed by atoms with van der Waals surface area (Å²) in [5.41, 5.74) is 1.40. The molecule has 0 fully saturated rings. The Bertz CT molecular complexity index is 867. The van der Waals surface area contributed by atoms with Crippen LogP contribution in [0.4, 0.5) is 19.0 Å². The molecule has 3 aromatic heterocycles. The molecule has 0 bridgehead atoms. The van der Waals surface area contributed by atoms with Gasteiger partial charge in [-0.1, -0.05) is 0 Å². The second kappa shape index (κ2) is 5.44. The van der Waals surface area contributed by atoms with E-state index in [2.05, 4.69) is 25.4 Å². The normalized spacial score (nSPS) is 12.1. The fraction of sp³-hybridized carbons (Fsp3) is 0.385. The van der Waals surface area contributed by atoms with Gasteiger partial charge in [-0.3, -0.25) is 0 Å². The van der Waals surface area contributed by atoms with Crippen molar-refractivity contribution in [2.45, 2.75) is 33.5 Å². The maximum Gasteiger partial charge on any atom is 0.453 e. The van der Waals surface area contributed by atoms with Crippen LogP contribution in [0, 0.1) is 20.8 Å². The minimum absolute atomic E-state index is 0.0917. The number of aryl methyl sites for hydroxylation is 3. The van der Waals surface area contributed by atoms with E-state index in [0.29, 0.717) is 18.1 Å². The lowest BCUT2D eigenvalue weighted by atomic mass is 10.3. The maximum absolute atomic E-state index is 12.8. The first-order valence-corrected chi connectivity index (χ1v) is 7.54. The van der Waals surface area contributed by atoms with Gasteiger partial charge in [-0.25, -0.2) is 9.97 Å². The van der Waals surface area contributed by atoms with Gasteiger partial charge in [0.05, 0.1) is 17.2 Å². The number of anilines is 1. The molecule has 0 aliphatic rings. The molecule has 1 N–H and O–H groups in total. The van der Waals surface area contributed by atoms with Crippen LogP contribution in [0.5, 0.6) is 0 Å². The molecule has 3 rings (SSSR count). The smallest absolute Gasteiger partial charge is 0.364 e. The zero-order chi connectivity index (χ0) is 16.8. The number of hydrogen-bond donors (Lipinski definition) is 1. The lowest BCUT2D eigenvalue weighted by molar-refractivity contribution is -0.144. The van der Waals surface area contributed by atoms with E-state index in [-0.39, 0.29) is 5.78 Å². The Morgan fingerprint density at radius 1 is 1.17 bits per heavy atom. The van der Waals surface area contributed by atoms with Crippen molar-refractivity contribution >= 4 is 22.9 Å². The van der Waals surface area contributed by atoms with Gasteiger partial charge in [0.2, 0.25) is 0 Å². The zero-order valence-corrected chi connectivity index (χ0v) is 13.4. The van der Waals surface area contributed by atoms with Gasteiger partial charge in [-0.2, -0.15) is 22.7 Å². The summed E-state index contributed by atoms with van der Waals surface area (Å²) in [6.07, 6.45) is -4.61. The van der Waals surface area contributed by atoms with Gasteiger partial charge < -0.3 is 5.32 Å². The largest absolute Gasteiger partial charge is 0.453 e. The van der Waals surface area contributed by atoms with Gasteiger partial charge in [0, 0.05) is 16.6 Å². The highest BCUT2D eigenvalue weighted by Crippen LogP contribution is 2.27. The van der Waals surface area contributed by atoms with Gasteiger partial charge in [0.25, 0.3) is 11.6 Å². The van der Waals surface area contributed by atoms with Crippen molar-refractivity contribution in [3.63, 3.8) is 0 Å². The number of hydrogen-bond acceptors (Lipinski definition) is 6. The van der Waals surface area contributed by atoms with Crippen LogP contribution in [0.3, 0.4) is 0 Å². The highest BCUT2D eigenvalue weighted by Gasteiger charge is 2.36. The summed E-state index contributed by atoms with van der Waals surface area (Å²) in [6.45, 7) is 5.93. The van der Waals surface area contributed by atoms with E-state index in [4.69, 9.17) is 0 Å². The number of nitrogens with zero attached hydrogens (tertiary/aromatic N) is 5. The van der Waals surface area contributed by atoms with Crippen LogP contribution >= 0.6 is 11.3 Å². The van der Waals surface area contributed by atoms with E-state index in [9.17, 15) is 13.2 Å². The third-order valence-corrected chi connectivity index (χ3v) is 4.06. The molecule has 0 unspecified atom stereocenters. The molecule has 122 valence electrons. The van der Waals surface area contributed by atoms with Crippen LogP contribution in [-0.2, 0) is 12.7 Å². The number of nitrogens with one attached hydrogen (secondary N) is 1. The fourth-order valence-electron chi connectivity index (χ4n) is 2.14. The van der Waals surface area contributed by atoms with E-state index in [1.165, 1.54) is 0 Å². The van der Waals surface area contributed by atoms with Crippen LogP contribution in [0.1, 0.15) is 27.1 Å². The van der Waals surface area contributed by atoms with Crippen molar-refractivity contribution in [1.82, 2.24) is 24.6 Å². The number of alkyl halides is 3. The molecule has 6 nitrogen and oxygen atoms in total. The Labute approximate surface area is 133 Å². The lowest BCUT2D eigenvalue weighted by Gasteiger charge is -2.07. The predicted octanol–water partition coefficient (Wildman–Crippen LogP) is 3.14. The van der Waals surface area contributed by atoms with Gasteiger partial charge in [0.15, 0.2) is 0 Å². The van der Waals surface area contributed by atoms with Crippen LogP contribution < -0.4 is 5.32 Å². The summed E-state index contributed by atoms with van der Waals surface area (Å²) in [5, 5.41) is 7.50. The van der Waals surface area contributed by atoms with Crippen LogP contribution in [0.15, 0.2) is 6.07 Å². The van der Waals surface area contributed by atoms with Crippen molar-refractivity contribution < 1.29 is 13.2 Å². The average Bonchev–Trinajstić information content (AvgIpc) is 2.98. The molecule has 10 heteroatoms. The topological polar surface area (TPSA) is 68.0 Å². The first kappa shape index (κ1) is 15.7. The van der Waals surface area contributed by atoms with E-state index in [1.54, 1.807) is 24.3 Å². The maximum atomic E-state index is 12.8. The van der Waals surface area contributed by atoms with Crippen LogP contribution in [0.2, 0.25) is 0 Å². The van der Waals surface area contributed by atoms with Gasteiger partial charge in [-0.15, -0.1) is 16.4 Å². The molecule has 3 aromatic rings. The number of thiazole rings is 1. The first-order chi connectivity index (χ1) is 10.7. The highest BCUT2D eigenvalue weighted by molar-refractivity contribution is 7.11. The molecule has 0 aliphatic carbocycles. The van der Waals surface area contributed by atoms with Crippen molar-refractivity contribution in [3.8, 4) is 0 Å². The number of aromatic nitrogens is 5. The molecule has 0 aliphatic heterocycles. The number of fused-ring (bicyclic) bond motifs is 1. The van der Waals surface area contributed by atoms with Crippen LogP contribution in [0.25, 0.3) is 5.78 Å². The van der Waals surface area contributed by atoms with Gasteiger partial charge in [-0.05, 0) is 20.8 Å². The Morgan fingerprint density at radius 3 is 2.52 bits per heavy atom. The quantitative estimate of drug-likeness (QED) is 0.792. The van der Waals surface area contributed by atoms with E-state index >= 15 is 0 Å². The van der Waals surface area contributed by atoms with Crippen molar-refractivity contribution in [2.24, 2.45) is 0 Å². The minimum atomic E-state index is -4.61. The molecule has 0 radical (unpaired) electrons. The van der Waals surface area contributed by atoms with Gasteiger partial charge >= 0.3 is 6.18 Å². The molecule has 0 saturated carbocycles. The Kier molecular flexibility index (Phi) is 3.71. The molecule has 0 saturated heterocycles. The zero-order valence-electron chi connectivity index (χ0n) is 12.6. The fourth-order valence-corrected chi connectivity index (χ4v) is 2.98. The third kappa shape index (κ3) is 3.11. The summed E-state index contributed by atoms with van der Waals surface area (Å²) < 4.78 is 39.4. The standard InChI is InChI=1S/C13H13F3N6S/c1-6-4-10(17-5-9-7(2)23-8(3)19-9)22-12(18-6)20-11(21-22)13(14,15)16/h4,17H,5H2,1-3H3. The lowest BCUT2D eigenvalue weighted by Crippen LogP contribution is -2.09. The molecule has 3 heterocycles. The molecule has 23 heavy (non-hydrogen) atoms. The molecule has 0 amide bonds. The van der Waals surface area contributed by atoms with E-state index in [1.807, 2.05) is 13.8 Å². The number of rotatable bonds is 3. The van der Waals surface area contributed by atoms with E-state index in [0.717, 1.165) is 20.1 Å². The molecular formula is C13H13F3N6S. The summed E-state index contributed by atoms with van der Waals surface area (Å²) in [6, 6.07) is 1.62. The van der Waals surface area contributed by atoms with Crippen molar-refractivity contribution in [3.05, 3.63) is 33.2 Å². The minimum Gasteiger partial charge on any atom is -0.364 e. The molecule has 0 aromatic carbocycles. The summed E-state index contributed by atoms with van der Waals surface area (Å²) in [5.74, 6) is -0.911. The SMILES string of the molecule is Cc1cc(NCc2nc(C)sc2C)n2nc(C(F)(F)F)nc2n1. The highest BCUT2D eigenvalue weighted by atomic mass is 32.1. The third-order valence-electron chi connectivity index (χ3n) is 3.13. The first-order valence-electron chi connectivity index (χ1n) is 6.72. The molecular weight excluding hydrogens is 329 g/mol. The Balaban J connectivity index is 1.96. The average molecular weight is 342 g/mol. The summed E-state index contributed by atoms with van der Waals surface area (Å²) in [4.78, 5) is 12.9. The molecule has 0 atom stereocenters.